The maximum absolute atomic E-state index is 11.1. The Morgan fingerprint density at radius 1 is 1.27 bits per heavy atom. The van der Waals surface area contributed by atoms with Crippen molar-refractivity contribution in [1.82, 2.24) is 5.43 Å². The summed E-state index contributed by atoms with van der Waals surface area (Å²) < 4.78 is 22.1. The maximum atomic E-state index is 11.1. The lowest BCUT2D eigenvalue weighted by atomic mass is 10.1. The van der Waals surface area contributed by atoms with Crippen molar-refractivity contribution in [3.8, 4) is 0 Å². The van der Waals surface area contributed by atoms with Gasteiger partial charge in [-0.05, 0) is 19.3 Å². The topological polar surface area (TPSA) is 72.2 Å². The van der Waals surface area contributed by atoms with Crippen LogP contribution in [-0.4, -0.2) is 26.0 Å². The molecule has 1 saturated heterocycles. The predicted octanol–water partition coefficient (Wildman–Crippen LogP) is -0.583. The van der Waals surface area contributed by atoms with Crippen molar-refractivity contribution < 1.29 is 8.42 Å². The summed E-state index contributed by atoms with van der Waals surface area (Å²) in [5.41, 5.74) is 2.62. The van der Waals surface area contributed by atoms with Crippen LogP contribution in [0.2, 0.25) is 0 Å². The number of hydrogen-bond acceptors (Lipinski definition) is 4. The van der Waals surface area contributed by atoms with Crippen molar-refractivity contribution in [1.29, 1.82) is 0 Å². The minimum absolute atomic E-state index is 0.187. The van der Waals surface area contributed by atoms with Crippen LogP contribution in [0.15, 0.2) is 0 Å². The van der Waals surface area contributed by atoms with E-state index in [1.165, 1.54) is 0 Å². The first-order valence-corrected chi connectivity index (χ1v) is 5.63. The fourth-order valence-electron chi connectivity index (χ4n) is 1.28. The molecular formula is C6H14N2O2S. The molecular weight excluding hydrogens is 164 g/mol. The van der Waals surface area contributed by atoms with Crippen LogP contribution in [0.25, 0.3) is 0 Å². The molecule has 0 amide bonds. The molecule has 1 aliphatic rings. The van der Waals surface area contributed by atoms with Crippen LogP contribution in [0.4, 0.5) is 0 Å². The van der Waals surface area contributed by atoms with E-state index in [2.05, 4.69) is 5.43 Å². The SMILES string of the molecule is NNC1CCCS(=O)(=O)CC1. The van der Waals surface area contributed by atoms with Gasteiger partial charge in [-0.2, -0.15) is 0 Å². The molecule has 0 aromatic rings. The maximum Gasteiger partial charge on any atom is 0.150 e. The van der Waals surface area contributed by atoms with Crippen molar-refractivity contribution in [3.05, 3.63) is 0 Å². The third kappa shape index (κ3) is 2.76. The highest BCUT2D eigenvalue weighted by atomic mass is 32.2. The summed E-state index contributed by atoms with van der Waals surface area (Å²) in [7, 11) is -2.76. The van der Waals surface area contributed by atoms with E-state index in [0.717, 1.165) is 12.8 Å². The Kier molecular flexibility index (Phi) is 2.86. The monoisotopic (exact) mass is 178 g/mol. The van der Waals surface area contributed by atoms with Gasteiger partial charge in [-0.3, -0.25) is 11.3 Å². The zero-order valence-corrected chi connectivity index (χ0v) is 7.23. The van der Waals surface area contributed by atoms with E-state index in [1.807, 2.05) is 0 Å². The molecule has 1 fully saturated rings. The highest BCUT2D eigenvalue weighted by Gasteiger charge is 2.19. The van der Waals surface area contributed by atoms with Crippen molar-refractivity contribution in [3.63, 3.8) is 0 Å². The molecule has 0 radical (unpaired) electrons. The van der Waals surface area contributed by atoms with Crippen LogP contribution in [0.3, 0.4) is 0 Å². The summed E-state index contributed by atoms with van der Waals surface area (Å²) in [5, 5.41) is 0. The second kappa shape index (κ2) is 3.51. The summed E-state index contributed by atoms with van der Waals surface area (Å²) in [6.45, 7) is 0. The lowest BCUT2D eigenvalue weighted by Crippen LogP contribution is -2.35. The first kappa shape index (κ1) is 8.96. The molecule has 1 aliphatic heterocycles. The molecule has 5 heteroatoms. The Hall–Kier alpha value is -0.130. The molecule has 4 nitrogen and oxygen atoms in total. The Morgan fingerprint density at radius 3 is 2.64 bits per heavy atom. The van der Waals surface area contributed by atoms with Crippen LogP contribution >= 0.6 is 0 Å². The average Bonchev–Trinajstić information content (AvgIpc) is 2.10. The van der Waals surface area contributed by atoms with Gasteiger partial charge in [0.25, 0.3) is 0 Å². The minimum Gasteiger partial charge on any atom is -0.271 e. The highest BCUT2D eigenvalue weighted by molar-refractivity contribution is 7.91. The number of rotatable bonds is 1. The number of nitrogens with two attached hydrogens (primary N) is 1. The predicted molar refractivity (Wildman–Crippen MR) is 43.6 cm³/mol. The fourth-order valence-corrected chi connectivity index (χ4v) is 2.74. The van der Waals surface area contributed by atoms with E-state index in [4.69, 9.17) is 5.84 Å². The molecule has 1 unspecified atom stereocenters. The fraction of sp³-hybridized carbons (Fsp3) is 1.00. The molecule has 1 atom stereocenters. The summed E-state index contributed by atoms with van der Waals surface area (Å²) >= 11 is 0. The van der Waals surface area contributed by atoms with Gasteiger partial charge >= 0.3 is 0 Å². The lowest BCUT2D eigenvalue weighted by Gasteiger charge is -2.09. The minimum atomic E-state index is -2.76. The number of hydrogen-bond donors (Lipinski definition) is 2. The van der Waals surface area contributed by atoms with Gasteiger partial charge in [0.1, 0.15) is 9.84 Å². The lowest BCUT2D eigenvalue weighted by molar-refractivity contribution is 0.485. The summed E-state index contributed by atoms with van der Waals surface area (Å²) in [5.74, 6) is 5.82. The number of hydrazine groups is 1. The van der Waals surface area contributed by atoms with Gasteiger partial charge in [0.15, 0.2) is 0 Å². The average molecular weight is 178 g/mol. The van der Waals surface area contributed by atoms with Gasteiger partial charge in [0, 0.05) is 6.04 Å². The molecule has 3 N–H and O–H groups in total. The van der Waals surface area contributed by atoms with Gasteiger partial charge in [-0.15, -0.1) is 0 Å². The van der Waals surface area contributed by atoms with Crippen LogP contribution in [0.5, 0.6) is 0 Å². The molecule has 11 heavy (non-hydrogen) atoms. The first-order chi connectivity index (χ1) is 5.14. The van der Waals surface area contributed by atoms with Crippen molar-refractivity contribution in [2.24, 2.45) is 5.84 Å². The number of sulfone groups is 1. The van der Waals surface area contributed by atoms with E-state index in [1.54, 1.807) is 0 Å². The normalized spacial score (nSPS) is 31.2. The zero-order chi connectivity index (χ0) is 8.32. The summed E-state index contributed by atoms with van der Waals surface area (Å²) in [6, 6.07) is 0.187. The molecule has 0 aliphatic carbocycles. The summed E-state index contributed by atoms with van der Waals surface area (Å²) in [6.07, 6.45) is 2.26. The molecule has 1 heterocycles. The molecule has 0 aromatic heterocycles. The molecule has 66 valence electrons. The van der Waals surface area contributed by atoms with Crippen LogP contribution in [-0.2, 0) is 9.84 Å². The molecule has 0 spiro atoms. The zero-order valence-electron chi connectivity index (χ0n) is 6.41. The smallest absolute Gasteiger partial charge is 0.150 e. The van der Waals surface area contributed by atoms with Gasteiger partial charge in [-0.25, -0.2) is 8.42 Å². The van der Waals surface area contributed by atoms with Gasteiger partial charge < -0.3 is 0 Å². The third-order valence-corrected chi connectivity index (χ3v) is 3.79. The molecule has 0 bridgehead atoms. The Balaban J connectivity index is 2.53. The van der Waals surface area contributed by atoms with Crippen molar-refractivity contribution in [2.75, 3.05) is 11.5 Å². The second-order valence-corrected chi connectivity index (χ2v) is 5.25. The Morgan fingerprint density at radius 2 is 2.00 bits per heavy atom. The quantitative estimate of drug-likeness (QED) is 0.416. The Labute approximate surface area is 67.0 Å². The van der Waals surface area contributed by atoms with Gasteiger partial charge in [0.05, 0.1) is 11.5 Å². The second-order valence-electron chi connectivity index (χ2n) is 2.95. The molecule has 1 rings (SSSR count). The van der Waals surface area contributed by atoms with Crippen LogP contribution in [0.1, 0.15) is 19.3 Å². The van der Waals surface area contributed by atoms with Crippen LogP contribution in [0, 0.1) is 0 Å². The van der Waals surface area contributed by atoms with Gasteiger partial charge in [-0.1, -0.05) is 0 Å². The summed E-state index contributed by atoms with van der Waals surface area (Å²) in [4.78, 5) is 0. The standard InChI is InChI=1S/C6H14N2O2S/c7-8-6-2-1-4-11(9,10)5-3-6/h6,8H,1-5,7H2. The Bertz CT molecular complexity index is 213. The van der Waals surface area contributed by atoms with Crippen molar-refractivity contribution in [2.45, 2.75) is 25.3 Å². The van der Waals surface area contributed by atoms with E-state index >= 15 is 0 Å². The van der Waals surface area contributed by atoms with Gasteiger partial charge in [0.2, 0.25) is 0 Å². The molecule has 0 saturated carbocycles. The first-order valence-electron chi connectivity index (χ1n) is 3.80. The van der Waals surface area contributed by atoms with Crippen molar-refractivity contribution >= 4 is 9.84 Å². The molecule has 0 aromatic carbocycles. The van der Waals surface area contributed by atoms with E-state index in [-0.39, 0.29) is 11.8 Å². The largest absolute Gasteiger partial charge is 0.271 e. The van der Waals surface area contributed by atoms with E-state index in [0.29, 0.717) is 12.2 Å². The third-order valence-electron chi connectivity index (χ3n) is 2.02. The van der Waals surface area contributed by atoms with Crippen LogP contribution < -0.4 is 11.3 Å². The van der Waals surface area contributed by atoms with E-state index in [9.17, 15) is 8.42 Å². The van der Waals surface area contributed by atoms with E-state index < -0.39 is 9.84 Å². The highest BCUT2D eigenvalue weighted by Crippen LogP contribution is 2.11. The number of nitrogens with one attached hydrogen (secondary N) is 1.